The largest absolute Gasteiger partial charge is 0.226 e. The Kier molecular flexibility index (Phi) is 1.93. The SMILES string of the molecule is Cc1ccc2nc(Cl)ncc2c1C. The third-order valence-electron chi connectivity index (χ3n) is 2.28. The lowest BCUT2D eigenvalue weighted by atomic mass is 10.1. The molecule has 0 unspecified atom stereocenters. The normalized spacial score (nSPS) is 10.7. The fourth-order valence-electron chi connectivity index (χ4n) is 1.33. The number of nitrogens with zero attached hydrogens (tertiary/aromatic N) is 2. The fourth-order valence-corrected chi connectivity index (χ4v) is 1.47. The lowest BCUT2D eigenvalue weighted by molar-refractivity contribution is 1.21. The van der Waals surface area contributed by atoms with Crippen LogP contribution in [0.4, 0.5) is 0 Å². The van der Waals surface area contributed by atoms with E-state index in [1.807, 2.05) is 12.1 Å². The molecule has 0 aliphatic heterocycles. The minimum Gasteiger partial charge on any atom is -0.226 e. The Bertz CT molecular complexity index is 466. The van der Waals surface area contributed by atoms with Crippen molar-refractivity contribution < 1.29 is 0 Å². The van der Waals surface area contributed by atoms with Crippen LogP contribution in [0, 0.1) is 13.8 Å². The first-order valence-corrected chi connectivity index (χ1v) is 4.45. The second-order valence-corrected chi connectivity index (χ2v) is 3.42. The highest BCUT2D eigenvalue weighted by Gasteiger charge is 2.02. The summed E-state index contributed by atoms with van der Waals surface area (Å²) in [7, 11) is 0. The van der Waals surface area contributed by atoms with Crippen molar-refractivity contribution in [3.8, 4) is 0 Å². The van der Waals surface area contributed by atoms with Crippen molar-refractivity contribution in [2.75, 3.05) is 0 Å². The Morgan fingerprint density at radius 1 is 1.23 bits per heavy atom. The van der Waals surface area contributed by atoms with E-state index >= 15 is 0 Å². The van der Waals surface area contributed by atoms with Crippen LogP contribution in [0.1, 0.15) is 11.1 Å². The third-order valence-corrected chi connectivity index (χ3v) is 2.46. The van der Waals surface area contributed by atoms with Gasteiger partial charge in [0.05, 0.1) is 5.52 Å². The summed E-state index contributed by atoms with van der Waals surface area (Å²) in [6.45, 7) is 4.14. The standard InChI is InChI=1S/C10H9ClN2/c1-6-3-4-9-8(7(6)2)5-12-10(11)13-9/h3-5H,1-2H3. The van der Waals surface area contributed by atoms with Gasteiger partial charge in [0.2, 0.25) is 5.28 Å². The Hall–Kier alpha value is -1.15. The summed E-state index contributed by atoms with van der Waals surface area (Å²) in [6, 6.07) is 4.01. The van der Waals surface area contributed by atoms with E-state index in [2.05, 4.69) is 23.8 Å². The van der Waals surface area contributed by atoms with Crippen molar-refractivity contribution in [1.82, 2.24) is 9.97 Å². The van der Waals surface area contributed by atoms with E-state index < -0.39 is 0 Å². The van der Waals surface area contributed by atoms with Crippen molar-refractivity contribution in [3.05, 3.63) is 34.7 Å². The van der Waals surface area contributed by atoms with Gasteiger partial charge in [-0.05, 0) is 42.6 Å². The number of hydrogen-bond donors (Lipinski definition) is 0. The Morgan fingerprint density at radius 2 is 2.00 bits per heavy atom. The molecule has 3 heteroatoms. The summed E-state index contributed by atoms with van der Waals surface area (Å²) >= 11 is 5.69. The second-order valence-electron chi connectivity index (χ2n) is 3.08. The summed E-state index contributed by atoms with van der Waals surface area (Å²) < 4.78 is 0. The van der Waals surface area contributed by atoms with Gasteiger partial charge in [0, 0.05) is 11.6 Å². The smallest absolute Gasteiger partial charge is 0.222 e. The van der Waals surface area contributed by atoms with Gasteiger partial charge in [-0.15, -0.1) is 0 Å². The lowest BCUT2D eigenvalue weighted by Gasteiger charge is -2.03. The molecule has 0 saturated carbocycles. The number of aryl methyl sites for hydroxylation is 2. The highest BCUT2D eigenvalue weighted by Crippen LogP contribution is 2.19. The summed E-state index contributed by atoms with van der Waals surface area (Å²) in [4.78, 5) is 8.10. The summed E-state index contributed by atoms with van der Waals surface area (Å²) in [5, 5.41) is 1.38. The van der Waals surface area contributed by atoms with Gasteiger partial charge in [-0.1, -0.05) is 6.07 Å². The van der Waals surface area contributed by atoms with Gasteiger partial charge in [0.15, 0.2) is 0 Å². The molecule has 2 rings (SSSR count). The van der Waals surface area contributed by atoms with Gasteiger partial charge in [0.1, 0.15) is 0 Å². The predicted octanol–water partition coefficient (Wildman–Crippen LogP) is 2.90. The van der Waals surface area contributed by atoms with Crippen molar-refractivity contribution in [3.63, 3.8) is 0 Å². The van der Waals surface area contributed by atoms with Gasteiger partial charge >= 0.3 is 0 Å². The van der Waals surface area contributed by atoms with Crippen LogP contribution in [0.3, 0.4) is 0 Å². The maximum Gasteiger partial charge on any atom is 0.222 e. The molecule has 0 saturated heterocycles. The molecule has 0 aliphatic carbocycles. The van der Waals surface area contributed by atoms with E-state index in [9.17, 15) is 0 Å². The Morgan fingerprint density at radius 3 is 2.77 bits per heavy atom. The van der Waals surface area contributed by atoms with Gasteiger partial charge in [-0.2, -0.15) is 0 Å². The highest BCUT2D eigenvalue weighted by atomic mass is 35.5. The van der Waals surface area contributed by atoms with Crippen LogP contribution in [0.15, 0.2) is 18.3 Å². The minimum absolute atomic E-state index is 0.302. The second kappa shape index (κ2) is 2.96. The number of aromatic nitrogens is 2. The quantitative estimate of drug-likeness (QED) is 0.600. The fraction of sp³-hybridized carbons (Fsp3) is 0.200. The molecular weight excluding hydrogens is 184 g/mol. The number of halogens is 1. The zero-order valence-corrected chi connectivity index (χ0v) is 8.26. The molecule has 0 N–H and O–H groups in total. The van der Waals surface area contributed by atoms with Crippen LogP contribution < -0.4 is 0 Å². The average molecular weight is 193 g/mol. The Balaban J connectivity index is 2.87. The molecular formula is C10H9ClN2. The Labute approximate surface area is 81.6 Å². The van der Waals surface area contributed by atoms with E-state index in [4.69, 9.17) is 11.6 Å². The van der Waals surface area contributed by atoms with Gasteiger partial charge in [-0.3, -0.25) is 0 Å². The van der Waals surface area contributed by atoms with Crippen molar-refractivity contribution in [1.29, 1.82) is 0 Å². The van der Waals surface area contributed by atoms with Crippen molar-refractivity contribution >= 4 is 22.5 Å². The van der Waals surface area contributed by atoms with Gasteiger partial charge in [-0.25, -0.2) is 9.97 Å². The molecule has 0 aliphatic rings. The summed E-state index contributed by atoms with van der Waals surface area (Å²) in [5.74, 6) is 0. The number of rotatable bonds is 0. The molecule has 0 atom stereocenters. The molecule has 66 valence electrons. The molecule has 0 bridgehead atoms. The van der Waals surface area contributed by atoms with Crippen LogP contribution >= 0.6 is 11.6 Å². The summed E-state index contributed by atoms with van der Waals surface area (Å²) in [5.41, 5.74) is 3.37. The highest BCUT2D eigenvalue weighted by molar-refractivity contribution is 6.28. The third kappa shape index (κ3) is 1.38. The zero-order valence-electron chi connectivity index (χ0n) is 7.50. The number of fused-ring (bicyclic) bond motifs is 1. The van der Waals surface area contributed by atoms with Gasteiger partial charge < -0.3 is 0 Å². The van der Waals surface area contributed by atoms with E-state index in [-0.39, 0.29) is 0 Å². The van der Waals surface area contributed by atoms with Crippen LogP contribution in [0.5, 0.6) is 0 Å². The van der Waals surface area contributed by atoms with Crippen LogP contribution in [-0.2, 0) is 0 Å². The molecule has 0 spiro atoms. The maximum absolute atomic E-state index is 5.69. The first-order chi connectivity index (χ1) is 6.18. The maximum atomic E-state index is 5.69. The average Bonchev–Trinajstić information content (AvgIpc) is 2.12. The predicted molar refractivity (Wildman–Crippen MR) is 54.0 cm³/mol. The van der Waals surface area contributed by atoms with E-state index in [0.717, 1.165) is 10.9 Å². The first kappa shape index (κ1) is 8.45. The number of benzene rings is 1. The molecule has 2 aromatic rings. The molecule has 1 heterocycles. The van der Waals surface area contributed by atoms with E-state index in [1.54, 1.807) is 6.20 Å². The molecule has 13 heavy (non-hydrogen) atoms. The van der Waals surface area contributed by atoms with Crippen molar-refractivity contribution in [2.45, 2.75) is 13.8 Å². The van der Waals surface area contributed by atoms with E-state index in [0.29, 0.717) is 5.28 Å². The zero-order chi connectivity index (χ0) is 9.42. The topological polar surface area (TPSA) is 25.8 Å². The molecule has 0 amide bonds. The molecule has 1 aromatic carbocycles. The molecule has 0 radical (unpaired) electrons. The lowest BCUT2D eigenvalue weighted by Crippen LogP contribution is -1.88. The first-order valence-electron chi connectivity index (χ1n) is 4.07. The summed E-state index contributed by atoms with van der Waals surface area (Å²) in [6.07, 6.45) is 1.77. The van der Waals surface area contributed by atoms with Gasteiger partial charge in [0.25, 0.3) is 0 Å². The number of hydrogen-bond acceptors (Lipinski definition) is 2. The van der Waals surface area contributed by atoms with Crippen LogP contribution in [0.25, 0.3) is 10.9 Å². The van der Waals surface area contributed by atoms with Crippen molar-refractivity contribution in [2.24, 2.45) is 0 Å². The molecule has 0 fully saturated rings. The minimum atomic E-state index is 0.302. The van der Waals surface area contributed by atoms with E-state index in [1.165, 1.54) is 11.1 Å². The molecule has 1 aromatic heterocycles. The molecule has 2 nitrogen and oxygen atoms in total. The van der Waals surface area contributed by atoms with Crippen LogP contribution in [-0.4, -0.2) is 9.97 Å². The van der Waals surface area contributed by atoms with Crippen LogP contribution in [0.2, 0.25) is 5.28 Å². The monoisotopic (exact) mass is 192 g/mol.